The molecule has 0 bridgehead atoms. The van der Waals surface area contributed by atoms with Crippen LogP contribution >= 0.6 is 0 Å². The topological polar surface area (TPSA) is 72.8 Å². The summed E-state index contributed by atoms with van der Waals surface area (Å²) in [6.45, 7) is 0. The molecule has 0 aliphatic carbocycles. The Labute approximate surface area is 144 Å². The molecular formula is C20H16O5. The monoisotopic (exact) mass is 336 g/mol. The average molecular weight is 336 g/mol. The van der Waals surface area contributed by atoms with Crippen LogP contribution < -0.4 is 0 Å². The molecule has 1 N–H and O–H groups in total. The smallest absolute Gasteiger partial charge is 0.351 e. The van der Waals surface area contributed by atoms with Gasteiger partial charge in [0.1, 0.15) is 11.3 Å². The number of carbonyl (C=O) groups is 2. The van der Waals surface area contributed by atoms with Gasteiger partial charge < -0.3 is 14.6 Å². The molecule has 0 radical (unpaired) electrons. The van der Waals surface area contributed by atoms with Crippen molar-refractivity contribution in [1.82, 2.24) is 0 Å². The highest BCUT2D eigenvalue weighted by Gasteiger charge is 2.27. The van der Waals surface area contributed by atoms with Gasteiger partial charge in [-0.2, -0.15) is 0 Å². The standard InChI is InChI=1S/C20H16O5/c1-24-20(23)18(13-7-3-2-4-8-13)25-19(22)16-11-14-9-5-6-10-15(14)12-17(16)21/h2-12,18,21H,1H3/t18-/m1/s1. The van der Waals surface area contributed by atoms with Crippen LogP contribution in [-0.2, 0) is 14.3 Å². The summed E-state index contributed by atoms with van der Waals surface area (Å²) in [7, 11) is 1.22. The third-order valence-electron chi connectivity index (χ3n) is 3.83. The first-order chi connectivity index (χ1) is 12.1. The Kier molecular flexibility index (Phi) is 4.66. The van der Waals surface area contributed by atoms with E-state index in [1.807, 2.05) is 24.3 Å². The van der Waals surface area contributed by atoms with Crippen molar-refractivity contribution in [2.75, 3.05) is 7.11 Å². The number of rotatable bonds is 4. The summed E-state index contributed by atoms with van der Waals surface area (Å²) in [5, 5.41) is 11.7. The fourth-order valence-electron chi connectivity index (χ4n) is 2.55. The van der Waals surface area contributed by atoms with Crippen LogP contribution in [0.5, 0.6) is 5.75 Å². The normalized spacial score (nSPS) is 11.7. The first kappa shape index (κ1) is 16.5. The lowest BCUT2D eigenvalue weighted by Crippen LogP contribution is -2.21. The zero-order chi connectivity index (χ0) is 17.8. The van der Waals surface area contributed by atoms with Gasteiger partial charge >= 0.3 is 11.9 Å². The van der Waals surface area contributed by atoms with Gasteiger partial charge in [-0.15, -0.1) is 0 Å². The van der Waals surface area contributed by atoms with Gasteiger partial charge in [0.05, 0.1) is 7.11 Å². The molecule has 0 unspecified atom stereocenters. The van der Waals surface area contributed by atoms with Gasteiger partial charge in [0.15, 0.2) is 0 Å². The number of hydrogen-bond donors (Lipinski definition) is 1. The number of carbonyl (C=O) groups excluding carboxylic acids is 2. The first-order valence-corrected chi connectivity index (χ1v) is 7.65. The quantitative estimate of drug-likeness (QED) is 0.737. The molecular weight excluding hydrogens is 320 g/mol. The van der Waals surface area contributed by atoms with E-state index in [0.29, 0.717) is 5.56 Å². The van der Waals surface area contributed by atoms with E-state index >= 15 is 0 Å². The Morgan fingerprint density at radius 3 is 2.16 bits per heavy atom. The van der Waals surface area contributed by atoms with E-state index in [4.69, 9.17) is 9.47 Å². The second-order valence-electron chi connectivity index (χ2n) is 5.44. The molecule has 0 fully saturated rings. The first-order valence-electron chi connectivity index (χ1n) is 7.65. The molecule has 3 rings (SSSR count). The Bertz CT molecular complexity index is 918. The van der Waals surface area contributed by atoms with Crippen LogP contribution in [-0.4, -0.2) is 24.2 Å². The number of benzene rings is 3. The minimum Gasteiger partial charge on any atom is -0.507 e. The van der Waals surface area contributed by atoms with Crippen molar-refractivity contribution in [2.45, 2.75) is 6.10 Å². The third-order valence-corrected chi connectivity index (χ3v) is 3.83. The molecule has 5 nitrogen and oxygen atoms in total. The van der Waals surface area contributed by atoms with Crippen molar-refractivity contribution < 1.29 is 24.2 Å². The maximum Gasteiger partial charge on any atom is 0.351 e. The Morgan fingerprint density at radius 1 is 0.920 bits per heavy atom. The minimum absolute atomic E-state index is 0.0106. The van der Waals surface area contributed by atoms with Gasteiger partial charge in [-0.25, -0.2) is 9.59 Å². The molecule has 0 saturated carbocycles. The Hall–Kier alpha value is -3.34. The number of ether oxygens (including phenoxy) is 2. The van der Waals surface area contributed by atoms with Crippen molar-refractivity contribution in [1.29, 1.82) is 0 Å². The molecule has 0 saturated heterocycles. The highest BCUT2D eigenvalue weighted by Crippen LogP contribution is 2.28. The predicted octanol–water partition coefficient (Wildman–Crippen LogP) is 3.62. The number of phenolic OH excluding ortho intramolecular Hbond substituents is 1. The summed E-state index contributed by atoms with van der Waals surface area (Å²) in [5.41, 5.74) is 0.478. The fraction of sp³-hybridized carbons (Fsp3) is 0.100. The molecule has 0 aliphatic rings. The maximum atomic E-state index is 12.5. The van der Waals surface area contributed by atoms with Crippen LogP contribution in [0.4, 0.5) is 0 Å². The fourth-order valence-corrected chi connectivity index (χ4v) is 2.55. The molecule has 0 aliphatic heterocycles. The summed E-state index contributed by atoms with van der Waals surface area (Å²) in [6, 6.07) is 18.9. The van der Waals surface area contributed by atoms with Gasteiger partial charge in [0.2, 0.25) is 6.10 Å². The van der Waals surface area contributed by atoms with Gasteiger partial charge in [-0.3, -0.25) is 0 Å². The summed E-state index contributed by atoms with van der Waals surface area (Å²) in [5.74, 6) is -1.71. The van der Waals surface area contributed by atoms with Gasteiger partial charge in [-0.05, 0) is 22.9 Å². The molecule has 3 aromatic carbocycles. The highest BCUT2D eigenvalue weighted by atomic mass is 16.6. The Morgan fingerprint density at radius 2 is 1.52 bits per heavy atom. The second-order valence-corrected chi connectivity index (χ2v) is 5.44. The number of aromatic hydroxyl groups is 1. The molecule has 0 heterocycles. The average Bonchev–Trinajstić information content (AvgIpc) is 2.65. The van der Waals surface area contributed by atoms with E-state index < -0.39 is 18.0 Å². The number of fused-ring (bicyclic) bond motifs is 1. The van der Waals surface area contributed by atoms with Gasteiger partial charge in [-0.1, -0.05) is 54.6 Å². The van der Waals surface area contributed by atoms with E-state index in [9.17, 15) is 14.7 Å². The van der Waals surface area contributed by atoms with Crippen LogP contribution in [0.15, 0.2) is 66.7 Å². The molecule has 25 heavy (non-hydrogen) atoms. The van der Waals surface area contributed by atoms with E-state index in [0.717, 1.165) is 10.8 Å². The van der Waals surface area contributed by atoms with Crippen LogP contribution in [0, 0.1) is 0 Å². The van der Waals surface area contributed by atoms with Gasteiger partial charge in [0, 0.05) is 5.56 Å². The summed E-state index contributed by atoms with van der Waals surface area (Å²) in [6.07, 6.45) is -1.20. The van der Waals surface area contributed by atoms with Crippen LogP contribution in [0.2, 0.25) is 0 Å². The van der Waals surface area contributed by atoms with Crippen LogP contribution in [0.3, 0.4) is 0 Å². The number of esters is 2. The minimum atomic E-state index is -1.20. The molecule has 0 amide bonds. The number of hydrogen-bond acceptors (Lipinski definition) is 5. The largest absolute Gasteiger partial charge is 0.507 e. The highest BCUT2D eigenvalue weighted by molar-refractivity contribution is 5.99. The van der Waals surface area contributed by atoms with Crippen molar-refractivity contribution >= 4 is 22.7 Å². The maximum absolute atomic E-state index is 12.5. The van der Waals surface area contributed by atoms with E-state index in [1.54, 1.807) is 30.3 Å². The molecule has 0 spiro atoms. The number of methoxy groups -OCH3 is 1. The van der Waals surface area contributed by atoms with Gasteiger partial charge in [0.25, 0.3) is 0 Å². The molecule has 1 atom stereocenters. The lowest BCUT2D eigenvalue weighted by Gasteiger charge is -2.16. The zero-order valence-corrected chi connectivity index (χ0v) is 13.5. The van der Waals surface area contributed by atoms with Crippen LogP contribution in [0.25, 0.3) is 10.8 Å². The SMILES string of the molecule is COC(=O)[C@H](OC(=O)c1cc2ccccc2cc1O)c1ccccc1. The Balaban J connectivity index is 1.94. The number of phenols is 1. The predicted molar refractivity (Wildman–Crippen MR) is 92.2 cm³/mol. The molecule has 0 aromatic heterocycles. The molecule has 3 aromatic rings. The summed E-state index contributed by atoms with van der Waals surface area (Å²) >= 11 is 0. The van der Waals surface area contributed by atoms with Crippen molar-refractivity contribution in [3.05, 3.63) is 77.9 Å². The van der Waals surface area contributed by atoms with Crippen molar-refractivity contribution in [3.63, 3.8) is 0 Å². The molecule has 5 heteroatoms. The van der Waals surface area contributed by atoms with Crippen molar-refractivity contribution in [3.8, 4) is 5.75 Å². The lowest BCUT2D eigenvalue weighted by atomic mass is 10.1. The van der Waals surface area contributed by atoms with E-state index in [1.165, 1.54) is 19.2 Å². The molecule has 126 valence electrons. The zero-order valence-electron chi connectivity index (χ0n) is 13.5. The van der Waals surface area contributed by atoms with Crippen LogP contribution in [0.1, 0.15) is 22.0 Å². The summed E-state index contributed by atoms with van der Waals surface area (Å²) < 4.78 is 10.1. The second kappa shape index (κ2) is 7.05. The summed E-state index contributed by atoms with van der Waals surface area (Å²) in [4.78, 5) is 24.5. The van der Waals surface area contributed by atoms with E-state index in [-0.39, 0.29) is 11.3 Å². The third kappa shape index (κ3) is 3.45. The van der Waals surface area contributed by atoms with E-state index in [2.05, 4.69) is 0 Å². The van der Waals surface area contributed by atoms with Crippen molar-refractivity contribution in [2.24, 2.45) is 0 Å². The lowest BCUT2D eigenvalue weighted by molar-refractivity contribution is -0.151.